The first kappa shape index (κ1) is 10.9. The third kappa shape index (κ3) is 2.61. The number of nitrogens with zero attached hydrogens (tertiary/aromatic N) is 2. The highest BCUT2D eigenvalue weighted by Crippen LogP contribution is 2.06. The molecule has 0 bridgehead atoms. The molecule has 2 nitrogen and oxygen atoms in total. The second kappa shape index (κ2) is 4.86. The van der Waals surface area contributed by atoms with Gasteiger partial charge in [-0.1, -0.05) is 38.8 Å². The number of aromatic nitrogens is 2. The van der Waals surface area contributed by atoms with Crippen molar-refractivity contribution >= 4 is 40.8 Å². The minimum absolute atomic E-state index is 0.899. The van der Waals surface area contributed by atoms with Gasteiger partial charge < -0.3 is 0 Å². The van der Waals surface area contributed by atoms with Crippen LogP contribution in [0.1, 0.15) is 20.3 Å². The molecule has 0 spiro atoms. The lowest BCUT2D eigenvalue weighted by atomic mass is 10.4. The van der Waals surface area contributed by atoms with Crippen molar-refractivity contribution in [3.63, 3.8) is 0 Å². The molecule has 0 saturated carbocycles. The van der Waals surface area contributed by atoms with E-state index in [9.17, 15) is 0 Å². The average molecular weight is 306 g/mol. The van der Waals surface area contributed by atoms with Crippen LogP contribution in [0.4, 0.5) is 0 Å². The van der Waals surface area contributed by atoms with Gasteiger partial charge in [0.2, 0.25) is 0 Å². The van der Waals surface area contributed by atoms with Crippen LogP contribution in [-0.2, 0) is 0 Å². The zero-order valence-corrected chi connectivity index (χ0v) is 10.7. The van der Waals surface area contributed by atoms with Crippen LogP contribution in [0.3, 0.4) is 0 Å². The third-order valence-electron chi connectivity index (χ3n) is 1.59. The fourth-order valence-electron chi connectivity index (χ4n) is 0.956. The molecule has 0 aliphatic rings. The normalized spacial score (nSPS) is 15.4. The van der Waals surface area contributed by atoms with Gasteiger partial charge in [0.05, 0.1) is 10.7 Å². The molecule has 13 heavy (non-hydrogen) atoms. The van der Waals surface area contributed by atoms with Crippen LogP contribution in [0.2, 0.25) is 0 Å². The lowest BCUT2D eigenvalue weighted by molar-refractivity contribution is 1.08. The molecule has 1 aromatic heterocycles. The van der Waals surface area contributed by atoms with Crippen LogP contribution in [0.5, 0.6) is 0 Å². The molecule has 1 aromatic rings. The van der Waals surface area contributed by atoms with E-state index in [2.05, 4.69) is 48.8 Å². The summed E-state index contributed by atoms with van der Waals surface area (Å²) in [6.45, 7) is 4.04. The molecule has 0 aliphatic heterocycles. The topological polar surface area (TPSA) is 25.8 Å². The molecule has 1 heterocycles. The molecule has 0 saturated heterocycles. The van der Waals surface area contributed by atoms with Crippen LogP contribution in [0, 0.1) is 0 Å². The van der Waals surface area contributed by atoms with Crippen molar-refractivity contribution in [1.29, 1.82) is 0 Å². The van der Waals surface area contributed by atoms with Crippen molar-refractivity contribution in [3.05, 3.63) is 23.1 Å². The molecule has 0 aromatic carbocycles. The minimum atomic E-state index is 0.899. The van der Waals surface area contributed by atoms with Crippen LogP contribution in [0.25, 0.3) is 8.96 Å². The van der Waals surface area contributed by atoms with Gasteiger partial charge in [0.1, 0.15) is 0 Å². The Labute approximate surface area is 94.1 Å². The second-order valence-corrected chi connectivity index (χ2v) is 4.69. The van der Waals surface area contributed by atoms with Crippen LogP contribution >= 0.6 is 31.9 Å². The third-order valence-corrected chi connectivity index (χ3v) is 2.90. The summed E-state index contributed by atoms with van der Waals surface area (Å²) in [7, 11) is 0. The zero-order chi connectivity index (χ0) is 9.84. The van der Waals surface area contributed by atoms with E-state index in [1.807, 2.05) is 6.92 Å². The van der Waals surface area contributed by atoms with Gasteiger partial charge in [-0.25, -0.2) is 0 Å². The standard InChI is InChI=1S/C9H10Br2N2/c1-3-7(11)9-8(6(2)10)12-4-5-13-9/h4-5H,3H2,1-2H3/b8-6-,9-7-. The molecule has 0 radical (unpaired) electrons. The van der Waals surface area contributed by atoms with E-state index in [1.165, 1.54) is 0 Å². The number of hydrogen-bond donors (Lipinski definition) is 0. The highest BCUT2D eigenvalue weighted by atomic mass is 79.9. The average Bonchev–Trinajstić information content (AvgIpc) is 2.16. The predicted molar refractivity (Wildman–Crippen MR) is 61.9 cm³/mol. The van der Waals surface area contributed by atoms with Crippen molar-refractivity contribution in [3.8, 4) is 0 Å². The lowest BCUT2D eigenvalue weighted by Gasteiger charge is -1.94. The van der Waals surface area contributed by atoms with E-state index in [0.717, 1.165) is 26.1 Å². The van der Waals surface area contributed by atoms with Gasteiger partial charge in [-0.05, 0) is 13.3 Å². The Balaban J connectivity index is 3.66. The molecule has 0 aliphatic carbocycles. The van der Waals surface area contributed by atoms with Crippen molar-refractivity contribution < 1.29 is 0 Å². The summed E-state index contributed by atoms with van der Waals surface area (Å²) < 4.78 is 2.08. The Morgan fingerprint density at radius 1 is 1.23 bits per heavy atom. The van der Waals surface area contributed by atoms with Crippen molar-refractivity contribution in [1.82, 2.24) is 9.97 Å². The van der Waals surface area contributed by atoms with E-state index in [4.69, 9.17) is 0 Å². The fourth-order valence-corrected chi connectivity index (χ4v) is 1.54. The Bertz CT molecular complexity index is 408. The Hall–Kier alpha value is -0.220. The van der Waals surface area contributed by atoms with Gasteiger partial charge in [0.15, 0.2) is 0 Å². The summed E-state index contributed by atoms with van der Waals surface area (Å²) in [5, 5.41) is 1.82. The van der Waals surface area contributed by atoms with Crippen molar-refractivity contribution in [2.24, 2.45) is 0 Å². The summed E-state index contributed by atoms with van der Waals surface area (Å²) in [5.41, 5.74) is 0. The van der Waals surface area contributed by atoms with E-state index < -0.39 is 0 Å². The molecule has 0 atom stereocenters. The summed E-state index contributed by atoms with van der Waals surface area (Å²) in [4.78, 5) is 8.52. The van der Waals surface area contributed by atoms with Gasteiger partial charge in [-0.2, -0.15) is 0 Å². The van der Waals surface area contributed by atoms with Crippen molar-refractivity contribution in [2.75, 3.05) is 0 Å². The Kier molecular flexibility index (Phi) is 4.06. The van der Waals surface area contributed by atoms with E-state index >= 15 is 0 Å². The fraction of sp³-hybridized carbons (Fsp3) is 0.333. The number of hydrogen-bond acceptors (Lipinski definition) is 2. The molecule has 0 unspecified atom stereocenters. The number of rotatable bonds is 1. The monoisotopic (exact) mass is 304 g/mol. The van der Waals surface area contributed by atoms with Crippen LogP contribution in [0.15, 0.2) is 12.4 Å². The summed E-state index contributed by atoms with van der Waals surface area (Å²) in [5.74, 6) is 0. The molecule has 70 valence electrons. The van der Waals surface area contributed by atoms with Crippen molar-refractivity contribution in [2.45, 2.75) is 20.3 Å². The largest absolute Gasteiger partial charge is 0.252 e. The Morgan fingerprint density at radius 3 is 2.23 bits per heavy atom. The smallest absolute Gasteiger partial charge is 0.0995 e. The lowest BCUT2D eigenvalue weighted by Crippen LogP contribution is -2.32. The first-order valence-electron chi connectivity index (χ1n) is 3.99. The van der Waals surface area contributed by atoms with Gasteiger partial charge in [0.25, 0.3) is 0 Å². The highest BCUT2D eigenvalue weighted by Gasteiger charge is 1.95. The summed E-state index contributed by atoms with van der Waals surface area (Å²) >= 11 is 6.89. The minimum Gasteiger partial charge on any atom is -0.252 e. The molecular weight excluding hydrogens is 296 g/mol. The predicted octanol–water partition coefficient (Wildman–Crippen LogP) is 1.91. The molecular formula is C9H10Br2N2. The van der Waals surface area contributed by atoms with E-state index in [0.29, 0.717) is 0 Å². The maximum Gasteiger partial charge on any atom is 0.0995 e. The first-order valence-corrected chi connectivity index (χ1v) is 5.57. The number of halogens is 2. The molecule has 1 rings (SSSR count). The summed E-state index contributed by atoms with van der Waals surface area (Å²) in [6, 6.07) is 0. The second-order valence-electron chi connectivity index (χ2n) is 2.55. The van der Waals surface area contributed by atoms with Gasteiger partial charge >= 0.3 is 0 Å². The van der Waals surface area contributed by atoms with Gasteiger partial charge in [-0.3, -0.25) is 9.97 Å². The van der Waals surface area contributed by atoms with E-state index in [-0.39, 0.29) is 0 Å². The molecule has 0 N–H and O–H groups in total. The maximum absolute atomic E-state index is 4.27. The molecule has 0 fully saturated rings. The maximum atomic E-state index is 4.27. The van der Waals surface area contributed by atoms with Crippen LogP contribution in [-0.4, -0.2) is 9.97 Å². The Morgan fingerprint density at radius 2 is 1.77 bits per heavy atom. The quantitative estimate of drug-likeness (QED) is 0.792. The first-order chi connectivity index (χ1) is 6.16. The molecule has 4 heteroatoms. The highest BCUT2D eigenvalue weighted by molar-refractivity contribution is 9.15. The SMILES string of the molecule is CC/C(Br)=c1/nccn/c1=C(/C)Br. The molecule has 0 amide bonds. The summed E-state index contributed by atoms with van der Waals surface area (Å²) in [6.07, 6.45) is 4.32. The van der Waals surface area contributed by atoms with Gasteiger partial charge in [0, 0.05) is 21.4 Å². The van der Waals surface area contributed by atoms with Crippen LogP contribution < -0.4 is 10.7 Å². The van der Waals surface area contributed by atoms with E-state index in [1.54, 1.807) is 12.4 Å². The van der Waals surface area contributed by atoms with Gasteiger partial charge in [-0.15, -0.1) is 0 Å². The zero-order valence-electron chi connectivity index (χ0n) is 7.51.